The number of aliphatic hydroxyl groups excluding tert-OH is 1. The zero-order chi connectivity index (χ0) is 19.2. The van der Waals surface area contributed by atoms with Gasteiger partial charge in [0.05, 0.1) is 17.7 Å². The molecule has 27 heavy (non-hydrogen) atoms. The van der Waals surface area contributed by atoms with Crippen LogP contribution in [0.2, 0.25) is 0 Å². The summed E-state index contributed by atoms with van der Waals surface area (Å²) < 4.78 is -0.505. The number of quaternary nitrogens is 1. The van der Waals surface area contributed by atoms with Crippen molar-refractivity contribution in [1.29, 1.82) is 0 Å². The summed E-state index contributed by atoms with van der Waals surface area (Å²) in [6.45, 7) is 7.25. The molecular weight excluding hydrogens is 340 g/mol. The summed E-state index contributed by atoms with van der Waals surface area (Å²) in [5.74, 6) is 1.99. The number of hydrogen-bond donors (Lipinski definition) is 2. The molecule has 0 unspecified atom stereocenters. The van der Waals surface area contributed by atoms with E-state index in [0.29, 0.717) is 24.6 Å². The van der Waals surface area contributed by atoms with Gasteiger partial charge >= 0.3 is 0 Å². The first kappa shape index (κ1) is 18.8. The van der Waals surface area contributed by atoms with Gasteiger partial charge in [-0.15, -0.1) is 0 Å². The van der Waals surface area contributed by atoms with Crippen molar-refractivity contribution in [2.75, 3.05) is 11.9 Å². The van der Waals surface area contributed by atoms with Gasteiger partial charge in [0.15, 0.2) is 0 Å². The molecule has 1 aromatic heterocycles. The largest absolute Gasteiger partial charge is 0.621 e. The number of hydrogen-bond acceptors (Lipinski definition) is 5. The highest BCUT2D eigenvalue weighted by Crippen LogP contribution is 2.49. The van der Waals surface area contributed by atoms with Crippen molar-refractivity contribution in [2.24, 2.45) is 11.3 Å². The minimum absolute atomic E-state index is 0.0822. The minimum Gasteiger partial charge on any atom is -0.621 e. The predicted octanol–water partition coefficient (Wildman–Crippen LogP) is 4.20. The normalized spacial score (nSPS) is 30.8. The monoisotopic (exact) mass is 372 g/mol. The lowest BCUT2D eigenvalue weighted by Crippen LogP contribution is -2.49. The summed E-state index contributed by atoms with van der Waals surface area (Å²) in [4.78, 5) is 9.21. The van der Waals surface area contributed by atoms with Crippen molar-refractivity contribution < 1.29 is 5.11 Å². The average Bonchev–Trinajstić information content (AvgIpc) is 3.38. The Morgan fingerprint density at radius 2 is 1.89 bits per heavy atom. The van der Waals surface area contributed by atoms with Gasteiger partial charge in [-0.2, -0.15) is 4.98 Å². The van der Waals surface area contributed by atoms with Gasteiger partial charge in [-0.05, 0) is 30.6 Å². The van der Waals surface area contributed by atoms with Gasteiger partial charge in [-0.1, -0.05) is 33.6 Å². The number of aromatic nitrogens is 2. The summed E-state index contributed by atoms with van der Waals surface area (Å²) in [6, 6.07) is -0.0822. The fourth-order valence-electron chi connectivity index (χ4n) is 4.35. The highest BCUT2D eigenvalue weighted by molar-refractivity contribution is 5.83. The van der Waals surface area contributed by atoms with E-state index in [1.165, 1.54) is 12.8 Å². The number of anilines is 1. The van der Waals surface area contributed by atoms with Crippen LogP contribution >= 0.6 is 0 Å². The summed E-state index contributed by atoms with van der Waals surface area (Å²) in [7, 11) is 0. The molecular formula is C21H32N4O2. The van der Waals surface area contributed by atoms with Crippen LogP contribution in [0.3, 0.4) is 0 Å². The van der Waals surface area contributed by atoms with Gasteiger partial charge in [0.25, 0.3) is 0 Å². The molecule has 0 aromatic carbocycles. The second kappa shape index (κ2) is 6.83. The van der Waals surface area contributed by atoms with Crippen LogP contribution in [0.25, 0.3) is 5.57 Å². The maximum absolute atomic E-state index is 14.0. The SMILES string of the molecule is CC(C)(C)C1=C[N@@+]([O-])(C2CCC(O)CC2)c2nc(NCCC3CC3)ncc21. The average molecular weight is 373 g/mol. The van der Waals surface area contributed by atoms with E-state index in [2.05, 4.69) is 31.1 Å². The van der Waals surface area contributed by atoms with Gasteiger partial charge in [0.1, 0.15) is 6.20 Å². The first-order valence-electron chi connectivity index (χ1n) is 10.4. The van der Waals surface area contributed by atoms with Gasteiger partial charge in [0, 0.05) is 31.2 Å². The second-order valence-electron chi connectivity index (χ2n) is 9.55. The van der Waals surface area contributed by atoms with Gasteiger partial charge < -0.3 is 15.6 Å². The molecule has 1 atom stereocenters. The smallest absolute Gasteiger partial charge is 0.245 e. The topological polar surface area (TPSA) is 81.1 Å². The van der Waals surface area contributed by atoms with Crippen LogP contribution in [0.15, 0.2) is 12.4 Å². The first-order chi connectivity index (χ1) is 12.8. The van der Waals surface area contributed by atoms with E-state index in [9.17, 15) is 10.3 Å². The third-order valence-electron chi connectivity index (χ3n) is 6.26. The Kier molecular flexibility index (Phi) is 4.77. The van der Waals surface area contributed by atoms with E-state index >= 15 is 0 Å². The molecule has 6 heteroatoms. The van der Waals surface area contributed by atoms with Crippen LogP contribution in [0, 0.1) is 16.5 Å². The number of nitrogens with one attached hydrogen (secondary N) is 1. The van der Waals surface area contributed by atoms with Crippen molar-refractivity contribution in [3.8, 4) is 0 Å². The van der Waals surface area contributed by atoms with Gasteiger partial charge in [0.2, 0.25) is 11.8 Å². The Balaban J connectivity index is 1.64. The van der Waals surface area contributed by atoms with Crippen molar-refractivity contribution in [1.82, 2.24) is 14.6 Å². The fraction of sp³-hybridized carbons (Fsp3) is 0.714. The Morgan fingerprint density at radius 1 is 1.19 bits per heavy atom. The number of fused-ring (bicyclic) bond motifs is 1. The molecule has 2 fully saturated rings. The van der Waals surface area contributed by atoms with Crippen LogP contribution in [0.5, 0.6) is 0 Å². The highest BCUT2D eigenvalue weighted by atomic mass is 16.5. The fourth-order valence-corrected chi connectivity index (χ4v) is 4.35. The molecule has 2 N–H and O–H groups in total. The Labute approximate surface area is 161 Å². The molecule has 0 saturated heterocycles. The van der Waals surface area contributed by atoms with Crippen molar-refractivity contribution in [3.05, 3.63) is 23.2 Å². The van der Waals surface area contributed by atoms with Crippen molar-refractivity contribution in [3.63, 3.8) is 0 Å². The van der Waals surface area contributed by atoms with E-state index in [1.807, 2.05) is 12.4 Å². The van der Waals surface area contributed by atoms with E-state index in [4.69, 9.17) is 4.98 Å². The number of hydroxylamine groups is 2. The number of allylic oxidation sites excluding steroid dienone is 1. The first-order valence-corrected chi connectivity index (χ1v) is 10.4. The van der Waals surface area contributed by atoms with E-state index < -0.39 is 4.65 Å². The highest BCUT2D eigenvalue weighted by Gasteiger charge is 2.44. The zero-order valence-electron chi connectivity index (χ0n) is 16.7. The van der Waals surface area contributed by atoms with Crippen LogP contribution in [-0.2, 0) is 0 Å². The molecule has 3 aliphatic rings. The molecule has 0 bridgehead atoms. The molecule has 6 nitrogen and oxygen atoms in total. The van der Waals surface area contributed by atoms with E-state index in [1.54, 1.807) is 0 Å². The second-order valence-corrected chi connectivity index (χ2v) is 9.55. The summed E-state index contributed by atoms with van der Waals surface area (Å²) >= 11 is 0. The van der Waals surface area contributed by atoms with Crippen LogP contribution in [0.4, 0.5) is 11.8 Å². The summed E-state index contributed by atoms with van der Waals surface area (Å²) in [5.41, 5.74) is 1.77. The maximum atomic E-state index is 14.0. The summed E-state index contributed by atoms with van der Waals surface area (Å²) in [6.07, 6.45) is 10.1. The van der Waals surface area contributed by atoms with Crippen LogP contribution in [-0.4, -0.2) is 33.8 Å². The van der Waals surface area contributed by atoms with Gasteiger partial charge in [-0.3, -0.25) is 4.65 Å². The van der Waals surface area contributed by atoms with E-state index in [0.717, 1.165) is 42.9 Å². The molecule has 2 heterocycles. The number of rotatable bonds is 5. The number of aliphatic hydroxyl groups is 1. The molecule has 0 radical (unpaired) electrons. The Bertz CT molecular complexity index is 730. The molecule has 1 aliphatic heterocycles. The molecule has 2 aliphatic carbocycles. The van der Waals surface area contributed by atoms with Crippen molar-refractivity contribution >= 4 is 17.3 Å². The predicted molar refractivity (Wildman–Crippen MR) is 109 cm³/mol. The Hall–Kier alpha value is -1.50. The van der Waals surface area contributed by atoms with Crippen molar-refractivity contribution in [2.45, 2.75) is 77.9 Å². The lowest BCUT2D eigenvalue weighted by Gasteiger charge is -2.44. The lowest BCUT2D eigenvalue weighted by molar-refractivity contribution is 0.102. The number of nitrogens with zero attached hydrogens (tertiary/aromatic N) is 3. The molecule has 2 saturated carbocycles. The third-order valence-corrected chi connectivity index (χ3v) is 6.26. The molecule has 1 aromatic rings. The summed E-state index contributed by atoms with van der Waals surface area (Å²) in [5, 5.41) is 27.2. The van der Waals surface area contributed by atoms with E-state index in [-0.39, 0.29) is 17.6 Å². The molecule has 4 rings (SSSR count). The molecule has 0 spiro atoms. The standard InChI is InChI=1S/C21H32N4O2/c1-21(2,3)18-13-25(27,15-6-8-16(26)9-7-15)19-17(18)12-23-20(24-19)22-11-10-14-4-5-14/h12-16,26H,4-11H2,1-3H3,(H,22,23,24)/t15?,16?,25-/m1/s1. The zero-order valence-corrected chi connectivity index (χ0v) is 16.7. The quantitative estimate of drug-likeness (QED) is 0.598. The van der Waals surface area contributed by atoms with Gasteiger partial charge in [-0.25, -0.2) is 4.98 Å². The maximum Gasteiger partial charge on any atom is 0.245 e. The lowest BCUT2D eigenvalue weighted by atomic mass is 9.84. The molecule has 0 amide bonds. The van der Waals surface area contributed by atoms with Crippen LogP contribution < -0.4 is 9.96 Å². The Morgan fingerprint density at radius 3 is 2.52 bits per heavy atom. The molecule has 148 valence electrons. The van der Waals surface area contributed by atoms with Crippen LogP contribution in [0.1, 0.15) is 71.3 Å². The third kappa shape index (κ3) is 3.75. The minimum atomic E-state index is -0.505.